The van der Waals surface area contributed by atoms with E-state index in [0.29, 0.717) is 77.5 Å². The number of carbonyl (C=O) groups excluding carboxylic acids is 10. The Hall–Kier alpha value is -7.88. The Morgan fingerprint density at radius 2 is 1.08 bits per heavy atom. The van der Waals surface area contributed by atoms with Gasteiger partial charge >= 0.3 is 53.7 Å². The van der Waals surface area contributed by atoms with Gasteiger partial charge in [-0.1, -0.05) is 32.0 Å². The Kier molecular flexibility index (Phi) is 20.6. The van der Waals surface area contributed by atoms with Crippen LogP contribution in [0.2, 0.25) is 0 Å². The van der Waals surface area contributed by atoms with Gasteiger partial charge in [-0.3, -0.25) is 48.1 Å². The van der Waals surface area contributed by atoms with Gasteiger partial charge in [-0.05, 0) is 61.4 Å². The molecule has 1 atom stereocenters. The largest absolute Gasteiger partial charge is 0.456 e. The highest BCUT2D eigenvalue weighted by molar-refractivity contribution is 5.97. The zero-order valence-electron chi connectivity index (χ0n) is 40.6. The molecule has 0 saturated heterocycles. The van der Waals surface area contributed by atoms with Crippen LogP contribution in [0.1, 0.15) is 113 Å². The lowest BCUT2D eigenvalue weighted by Gasteiger charge is -2.37. The number of unbranched alkanes of at least 4 members (excludes halogenated alkanes) is 1. The van der Waals surface area contributed by atoms with Crippen LogP contribution in [0.3, 0.4) is 0 Å². The van der Waals surface area contributed by atoms with E-state index in [1.165, 1.54) is 20.8 Å². The standard InChI is InChI=1S/C28H24O7.C21H32N2O13/c1-5-17-11-21-25(13-23(17)32-15(3)29)34-26-14-24(33-16(4)30)18(6-2)12-22(26)28(21)20-10-8-7-9-19(20)27(31)35-28;1-14(24)22-8-6-5-7-18(21(30)36-13-33-17(4)27)23(9-19(28)34-11-31-15(2)25)10-20(29)35-12-32-16(3)26/h7-14H,5-6H2,1-4H3;18H,5-13H2,1-4H3,(H,22,24). The lowest BCUT2D eigenvalue weighted by atomic mass is 9.76. The maximum absolute atomic E-state index is 13.1. The number of fused-ring (bicyclic) bond motifs is 6. The van der Waals surface area contributed by atoms with Gasteiger partial charge < -0.3 is 52.7 Å². The van der Waals surface area contributed by atoms with E-state index in [4.69, 9.17) is 33.2 Å². The van der Waals surface area contributed by atoms with Gasteiger partial charge in [0.05, 0.1) is 18.7 Å². The summed E-state index contributed by atoms with van der Waals surface area (Å²) in [4.78, 5) is 119. The van der Waals surface area contributed by atoms with Crippen LogP contribution < -0.4 is 19.5 Å². The number of nitrogens with zero attached hydrogens (tertiary/aromatic N) is 1. The first-order chi connectivity index (χ1) is 33.7. The zero-order valence-corrected chi connectivity index (χ0v) is 40.6. The molecule has 22 nitrogen and oxygen atoms in total. The molecule has 0 fully saturated rings. The van der Waals surface area contributed by atoms with E-state index >= 15 is 0 Å². The van der Waals surface area contributed by atoms with Gasteiger partial charge in [-0.25, -0.2) is 4.79 Å². The molecule has 0 saturated carbocycles. The Morgan fingerprint density at radius 1 is 0.606 bits per heavy atom. The van der Waals surface area contributed by atoms with Gasteiger partial charge in [-0.15, -0.1) is 0 Å². The van der Waals surface area contributed by atoms with Crippen molar-refractivity contribution >= 4 is 59.6 Å². The minimum atomic E-state index is -1.27. The third-order valence-electron chi connectivity index (χ3n) is 10.4. The molecule has 3 aromatic carbocycles. The van der Waals surface area contributed by atoms with Gasteiger partial charge in [0, 0.05) is 76.9 Å². The summed E-state index contributed by atoms with van der Waals surface area (Å²) in [5, 5.41) is 2.60. The van der Waals surface area contributed by atoms with Crippen molar-refractivity contribution in [1.29, 1.82) is 0 Å². The summed E-state index contributed by atoms with van der Waals surface area (Å²) in [6.07, 6.45) is 2.04. The van der Waals surface area contributed by atoms with Crippen molar-refractivity contribution in [1.82, 2.24) is 10.2 Å². The lowest BCUT2D eigenvalue weighted by Crippen LogP contribution is -2.48. The third kappa shape index (κ3) is 15.6. The number of esters is 9. The van der Waals surface area contributed by atoms with Crippen LogP contribution in [0.5, 0.6) is 23.0 Å². The molecule has 1 spiro atoms. The molecule has 71 heavy (non-hydrogen) atoms. The molecule has 2 aliphatic heterocycles. The predicted octanol–water partition coefficient (Wildman–Crippen LogP) is 4.38. The van der Waals surface area contributed by atoms with Crippen molar-refractivity contribution in [2.45, 2.75) is 99.1 Å². The minimum absolute atomic E-state index is 0.0624. The maximum atomic E-state index is 13.1. The number of nitrogens with one attached hydrogen (secondary N) is 1. The van der Waals surface area contributed by atoms with E-state index in [9.17, 15) is 47.9 Å². The Bertz CT molecular complexity index is 2410. The highest BCUT2D eigenvalue weighted by Gasteiger charge is 2.54. The van der Waals surface area contributed by atoms with Crippen LogP contribution in [0.15, 0.2) is 48.5 Å². The van der Waals surface area contributed by atoms with Crippen LogP contribution >= 0.6 is 0 Å². The van der Waals surface area contributed by atoms with E-state index in [-0.39, 0.29) is 12.3 Å². The second kappa shape index (κ2) is 26.2. The molecule has 3 aromatic rings. The third-order valence-corrected chi connectivity index (χ3v) is 10.4. The highest BCUT2D eigenvalue weighted by Crippen LogP contribution is 2.58. The van der Waals surface area contributed by atoms with Crippen LogP contribution in [-0.2, 0) is 94.8 Å². The Balaban J connectivity index is 0.000000308. The number of hydrogen-bond donors (Lipinski definition) is 1. The first-order valence-corrected chi connectivity index (χ1v) is 22.3. The van der Waals surface area contributed by atoms with Crippen molar-refractivity contribution in [2.24, 2.45) is 0 Å². The minimum Gasteiger partial charge on any atom is -0.456 e. The Morgan fingerprint density at radius 3 is 1.54 bits per heavy atom. The second-order valence-electron chi connectivity index (χ2n) is 15.7. The van der Waals surface area contributed by atoms with Crippen molar-refractivity contribution in [3.8, 4) is 23.0 Å². The first kappa shape index (κ1) is 55.7. The van der Waals surface area contributed by atoms with E-state index in [2.05, 4.69) is 19.5 Å². The average molecular weight is 993 g/mol. The summed E-state index contributed by atoms with van der Waals surface area (Å²) in [5.41, 5.74) is 2.72. The summed E-state index contributed by atoms with van der Waals surface area (Å²) < 4.78 is 51.6. The molecule has 22 heteroatoms. The van der Waals surface area contributed by atoms with Crippen LogP contribution in [-0.4, -0.2) is 111 Å². The first-order valence-electron chi connectivity index (χ1n) is 22.3. The van der Waals surface area contributed by atoms with Crippen molar-refractivity contribution < 1.29 is 95.3 Å². The molecule has 1 amide bonds. The molecular weight excluding hydrogens is 937 g/mol. The van der Waals surface area contributed by atoms with Crippen LogP contribution in [0, 0.1) is 0 Å². The zero-order chi connectivity index (χ0) is 52.4. The van der Waals surface area contributed by atoms with Crippen LogP contribution in [0.4, 0.5) is 0 Å². The second-order valence-corrected chi connectivity index (χ2v) is 15.7. The predicted molar refractivity (Wildman–Crippen MR) is 242 cm³/mol. The fourth-order valence-electron chi connectivity index (χ4n) is 7.36. The van der Waals surface area contributed by atoms with Crippen molar-refractivity contribution in [2.75, 3.05) is 40.0 Å². The van der Waals surface area contributed by atoms with Gasteiger partial charge in [0.15, 0.2) is 5.60 Å². The summed E-state index contributed by atoms with van der Waals surface area (Å²) in [6.45, 7) is 8.26. The monoisotopic (exact) mass is 992 g/mol. The van der Waals surface area contributed by atoms with Gasteiger partial charge in [0.2, 0.25) is 26.3 Å². The number of ether oxygens (including phenoxy) is 10. The van der Waals surface area contributed by atoms with E-state index in [1.54, 1.807) is 24.3 Å². The summed E-state index contributed by atoms with van der Waals surface area (Å²) in [6, 6.07) is 13.1. The number of aryl methyl sites for hydroxylation is 2. The number of hydrogen-bond acceptors (Lipinski definition) is 21. The average Bonchev–Trinajstić information content (AvgIpc) is 3.58. The molecule has 2 heterocycles. The number of rotatable bonds is 21. The fourth-order valence-corrected chi connectivity index (χ4v) is 7.36. The quantitative estimate of drug-likeness (QED) is 0.0509. The molecule has 0 aliphatic carbocycles. The maximum Gasteiger partial charge on any atom is 0.340 e. The highest BCUT2D eigenvalue weighted by atomic mass is 16.7. The smallest absolute Gasteiger partial charge is 0.340 e. The van der Waals surface area contributed by atoms with E-state index < -0.39 is 98.8 Å². The number of carbonyl (C=O) groups is 10. The molecule has 0 radical (unpaired) electrons. The SMILES string of the molecule is CC(=O)NCCCCC(C(=O)OCOC(C)=O)N(CC(=O)OCOC(C)=O)CC(=O)OCOC(C)=O.CCc1cc2c(cc1OC(C)=O)Oc1cc(OC(C)=O)c(CC)cc1C21OC(=O)c2ccccc21. The summed E-state index contributed by atoms with van der Waals surface area (Å²) >= 11 is 0. The summed E-state index contributed by atoms with van der Waals surface area (Å²) in [7, 11) is 0. The Labute approximate surface area is 408 Å². The van der Waals surface area contributed by atoms with E-state index in [1.807, 2.05) is 38.1 Å². The van der Waals surface area contributed by atoms with Crippen molar-refractivity contribution in [3.05, 3.63) is 81.9 Å². The van der Waals surface area contributed by atoms with Gasteiger partial charge in [-0.2, -0.15) is 0 Å². The normalized spacial score (nSPS) is 12.7. The molecule has 1 N–H and O–H groups in total. The lowest BCUT2D eigenvalue weighted by molar-refractivity contribution is -0.173. The van der Waals surface area contributed by atoms with Crippen LogP contribution in [0.25, 0.3) is 0 Å². The van der Waals surface area contributed by atoms with E-state index in [0.717, 1.165) is 36.8 Å². The number of benzene rings is 3. The molecule has 1 unspecified atom stereocenters. The van der Waals surface area contributed by atoms with Gasteiger partial charge in [0.1, 0.15) is 29.0 Å². The van der Waals surface area contributed by atoms with Crippen molar-refractivity contribution in [3.63, 3.8) is 0 Å². The molecular formula is C49H56N2O20. The topological polar surface area (TPSA) is 278 Å². The molecule has 382 valence electrons. The fraction of sp³-hybridized carbons (Fsp3) is 0.429. The summed E-state index contributed by atoms with van der Waals surface area (Å²) in [5.74, 6) is -4.96. The molecule has 0 bridgehead atoms. The molecule has 5 rings (SSSR count). The molecule has 0 aromatic heterocycles. The number of amides is 1. The van der Waals surface area contributed by atoms with Gasteiger partial charge in [0.25, 0.3) is 0 Å². The molecule has 2 aliphatic rings.